The van der Waals surface area contributed by atoms with E-state index in [9.17, 15) is 30.9 Å². The summed E-state index contributed by atoms with van der Waals surface area (Å²) in [6.07, 6.45) is -0.251. The molecule has 27 heavy (non-hydrogen) atoms. The molecule has 1 unspecified atom stereocenters. The van der Waals surface area contributed by atoms with E-state index in [-0.39, 0.29) is 12.0 Å². The van der Waals surface area contributed by atoms with Crippen LogP contribution in [0.15, 0.2) is 40.1 Å². The number of hydrogen-bond donors (Lipinski definition) is 3. The van der Waals surface area contributed by atoms with Gasteiger partial charge in [0.15, 0.2) is 9.84 Å². The van der Waals surface area contributed by atoms with Crippen LogP contribution < -0.4 is 5.73 Å². The number of sulfone groups is 1. The Bertz CT molecular complexity index is 1060. The lowest BCUT2D eigenvalue weighted by molar-refractivity contribution is 0.285. The molecule has 2 aromatic rings. The SMILES string of the molecule is Cc1ccc(C(CCO)S(=O)(=O)c2c(N)c(S(=O)(=O)O)cc(C)c2F)cc1. The zero-order valence-corrected chi connectivity index (χ0v) is 16.3. The molecule has 0 aromatic heterocycles. The Morgan fingerprint density at radius 1 is 1.11 bits per heavy atom. The predicted octanol–water partition coefficient (Wildman–Crippen LogP) is 2.17. The quantitative estimate of drug-likeness (QED) is 0.484. The average molecular weight is 417 g/mol. The minimum absolute atomic E-state index is 0.251. The number of halogens is 1. The summed E-state index contributed by atoms with van der Waals surface area (Å²) in [6, 6.07) is 7.15. The van der Waals surface area contributed by atoms with Gasteiger partial charge >= 0.3 is 0 Å². The summed E-state index contributed by atoms with van der Waals surface area (Å²) >= 11 is 0. The molecule has 2 rings (SSSR count). The molecule has 10 heteroatoms. The molecule has 0 amide bonds. The standard InChI is InChI=1S/C17H20FNO6S2/c1-10-3-5-12(6-4-10)13(7-8-20)26(21,22)17-15(18)11(2)9-14(16(17)19)27(23,24)25/h3-6,9,13,20H,7-8,19H2,1-2H3,(H,23,24,25). The maximum absolute atomic E-state index is 14.7. The normalized spacial score (nSPS) is 13.5. The van der Waals surface area contributed by atoms with Crippen LogP contribution in [-0.4, -0.2) is 33.1 Å². The lowest BCUT2D eigenvalue weighted by atomic mass is 10.1. The third kappa shape index (κ3) is 4.13. The van der Waals surface area contributed by atoms with Crippen LogP contribution in [-0.2, 0) is 20.0 Å². The van der Waals surface area contributed by atoms with Gasteiger partial charge in [0.1, 0.15) is 15.6 Å². The van der Waals surface area contributed by atoms with E-state index in [1.165, 1.54) is 12.1 Å². The van der Waals surface area contributed by atoms with E-state index >= 15 is 0 Å². The minimum Gasteiger partial charge on any atom is -0.396 e. The average Bonchev–Trinajstić information content (AvgIpc) is 2.55. The summed E-state index contributed by atoms with van der Waals surface area (Å²) in [4.78, 5) is -1.89. The molecule has 0 saturated carbocycles. The van der Waals surface area contributed by atoms with Crippen molar-refractivity contribution in [1.82, 2.24) is 0 Å². The Labute approximate surface area is 157 Å². The number of aliphatic hydroxyl groups excluding tert-OH is 1. The fourth-order valence-corrected chi connectivity index (χ4v) is 5.59. The molecule has 0 bridgehead atoms. The molecular formula is C17H20FNO6S2. The summed E-state index contributed by atoms with van der Waals surface area (Å²) < 4.78 is 73.4. The van der Waals surface area contributed by atoms with Crippen molar-refractivity contribution in [2.45, 2.75) is 35.3 Å². The first-order valence-corrected chi connectivity index (χ1v) is 10.9. The molecule has 0 saturated heterocycles. The van der Waals surface area contributed by atoms with Crippen molar-refractivity contribution in [2.24, 2.45) is 0 Å². The van der Waals surface area contributed by atoms with Gasteiger partial charge in [-0.2, -0.15) is 8.42 Å². The molecule has 0 radical (unpaired) electrons. The summed E-state index contributed by atoms with van der Waals surface area (Å²) in [5.74, 6) is -1.20. The molecule has 0 aliphatic heterocycles. The number of benzene rings is 2. The van der Waals surface area contributed by atoms with E-state index in [1.807, 2.05) is 0 Å². The van der Waals surface area contributed by atoms with Crippen LogP contribution in [0.2, 0.25) is 0 Å². The zero-order valence-electron chi connectivity index (χ0n) is 14.7. The predicted molar refractivity (Wildman–Crippen MR) is 98.2 cm³/mol. The Kier molecular flexibility index (Phi) is 5.95. The number of nitrogens with two attached hydrogens (primary N) is 1. The smallest absolute Gasteiger partial charge is 0.296 e. The van der Waals surface area contributed by atoms with Crippen LogP contribution in [0.1, 0.15) is 28.4 Å². The van der Waals surface area contributed by atoms with Gasteiger partial charge in [-0.1, -0.05) is 29.8 Å². The van der Waals surface area contributed by atoms with Crippen molar-refractivity contribution in [1.29, 1.82) is 0 Å². The molecule has 0 spiro atoms. The number of nitrogen functional groups attached to an aromatic ring is 1. The van der Waals surface area contributed by atoms with E-state index in [1.54, 1.807) is 19.1 Å². The molecular weight excluding hydrogens is 397 g/mol. The zero-order chi connectivity index (χ0) is 20.6. The van der Waals surface area contributed by atoms with Gasteiger partial charge in [0.2, 0.25) is 0 Å². The first-order valence-electron chi connectivity index (χ1n) is 7.88. The topological polar surface area (TPSA) is 135 Å². The third-order valence-electron chi connectivity index (χ3n) is 4.18. The lowest BCUT2D eigenvalue weighted by Gasteiger charge is -2.20. The van der Waals surface area contributed by atoms with Crippen molar-refractivity contribution in [2.75, 3.05) is 12.3 Å². The minimum atomic E-state index is -4.87. The van der Waals surface area contributed by atoms with Crippen LogP contribution >= 0.6 is 0 Å². The van der Waals surface area contributed by atoms with Crippen LogP contribution in [0.3, 0.4) is 0 Å². The maximum Gasteiger partial charge on any atom is 0.296 e. The highest BCUT2D eigenvalue weighted by Gasteiger charge is 2.36. The molecule has 1 atom stereocenters. The monoisotopic (exact) mass is 417 g/mol. The van der Waals surface area contributed by atoms with E-state index < -0.39 is 53.1 Å². The molecule has 148 valence electrons. The van der Waals surface area contributed by atoms with Gasteiger partial charge in [-0.15, -0.1) is 0 Å². The number of aryl methyl sites for hydroxylation is 2. The van der Waals surface area contributed by atoms with Gasteiger partial charge in [-0.25, -0.2) is 12.8 Å². The number of rotatable bonds is 6. The highest BCUT2D eigenvalue weighted by molar-refractivity contribution is 7.92. The molecule has 0 fully saturated rings. The fourth-order valence-electron chi connectivity index (χ4n) is 2.78. The van der Waals surface area contributed by atoms with Crippen molar-refractivity contribution in [3.8, 4) is 0 Å². The molecule has 7 nitrogen and oxygen atoms in total. The van der Waals surface area contributed by atoms with Crippen molar-refractivity contribution in [3.05, 3.63) is 52.8 Å². The van der Waals surface area contributed by atoms with Gasteiger partial charge in [0.05, 0.1) is 10.9 Å². The lowest BCUT2D eigenvalue weighted by Crippen LogP contribution is -2.20. The largest absolute Gasteiger partial charge is 0.396 e. The number of aliphatic hydroxyl groups is 1. The van der Waals surface area contributed by atoms with E-state index in [2.05, 4.69) is 0 Å². The third-order valence-corrected chi connectivity index (χ3v) is 7.30. The van der Waals surface area contributed by atoms with Crippen LogP contribution in [0.5, 0.6) is 0 Å². The van der Waals surface area contributed by atoms with E-state index in [0.29, 0.717) is 5.56 Å². The highest BCUT2D eigenvalue weighted by Crippen LogP contribution is 2.39. The van der Waals surface area contributed by atoms with Gasteiger partial charge in [-0.3, -0.25) is 4.55 Å². The van der Waals surface area contributed by atoms with Gasteiger partial charge < -0.3 is 10.8 Å². The second-order valence-electron chi connectivity index (χ2n) is 6.18. The molecule has 0 aliphatic rings. The summed E-state index contributed by atoms with van der Waals surface area (Å²) in [6.45, 7) is 2.46. The fraction of sp³-hybridized carbons (Fsp3) is 0.294. The second kappa shape index (κ2) is 7.55. The molecule has 4 N–H and O–H groups in total. The Balaban J connectivity index is 2.80. The molecule has 0 aliphatic carbocycles. The number of anilines is 1. The molecule has 2 aromatic carbocycles. The van der Waals surface area contributed by atoms with E-state index in [0.717, 1.165) is 18.6 Å². The summed E-state index contributed by atoms with van der Waals surface area (Å²) in [7, 11) is -9.40. The Morgan fingerprint density at radius 2 is 1.67 bits per heavy atom. The second-order valence-corrected chi connectivity index (χ2v) is 9.64. The van der Waals surface area contributed by atoms with Gasteiger partial charge in [0, 0.05) is 6.61 Å². The van der Waals surface area contributed by atoms with E-state index in [4.69, 9.17) is 5.73 Å². The number of hydrogen-bond acceptors (Lipinski definition) is 6. The molecule has 0 heterocycles. The summed E-state index contributed by atoms with van der Waals surface area (Å²) in [5.41, 5.74) is 5.61. The van der Waals surface area contributed by atoms with Crippen LogP contribution in [0.4, 0.5) is 10.1 Å². The first kappa shape index (κ1) is 21.3. The van der Waals surface area contributed by atoms with Crippen LogP contribution in [0.25, 0.3) is 0 Å². The van der Waals surface area contributed by atoms with Crippen molar-refractivity contribution < 1.29 is 30.9 Å². The van der Waals surface area contributed by atoms with Crippen LogP contribution in [0, 0.1) is 19.7 Å². The highest BCUT2D eigenvalue weighted by atomic mass is 32.2. The van der Waals surface area contributed by atoms with Gasteiger partial charge in [-0.05, 0) is 37.5 Å². The maximum atomic E-state index is 14.7. The van der Waals surface area contributed by atoms with Gasteiger partial charge in [0.25, 0.3) is 10.1 Å². The van der Waals surface area contributed by atoms with Crippen molar-refractivity contribution in [3.63, 3.8) is 0 Å². The first-order chi connectivity index (χ1) is 12.4. The van der Waals surface area contributed by atoms with Crippen molar-refractivity contribution >= 4 is 25.6 Å². The Hall–Kier alpha value is -2.01. The summed E-state index contributed by atoms with van der Waals surface area (Å²) in [5, 5.41) is 7.96. The Morgan fingerprint density at radius 3 is 2.15 bits per heavy atom.